The molecule has 130 valence electrons. The Balaban J connectivity index is 1.30. The Bertz CT molecular complexity index is 735. The highest BCUT2D eigenvalue weighted by Gasteiger charge is 2.37. The maximum Gasteiger partial charge on any atom is 0.326 e. The predicted molar refractivity (Wildman–Crippen MR) is 92.1 cm³/mol. The Hall–Kier alpha value is -1.63. The molecule has 2 fully saturated rings. The van der Waals surface area contributed by atoms with Crippen LogP contribution in [0.3, 0.4) is 0 Å². The van der Waals surface area contributed by atoms with Crippen LogP contribution in [0, 0.1) is 0 Å². The number of para-hydroxylation sites is 2. The zero-order valence-corrected chi connectivity index (χ0v) is 14.0. The number of nitrogens with zero attached hydrogens (tertiary/aromatic N) is 2. The first-order valence-electron chi connectivity index (χ1n) is 8.94. The van der Waals surface area contributed by atoms with Gasteiger partial charge in [0.25, 0.3) is 0 Å². The van der Waals surface area contributed by atoms with E-state index in [4.69, 9.17) is 9.47 Å². The monoisotopic (exact) mass is 331 g/mol. The van der Waals surface area contributed by atoms with Crippen molar-refractivity contribution in [3.63, 3.8) is 0 Å². The summed E-state index contributed by atoms with van der Waals surface area (Å²) in [6.07, 6.45) is 3.86. The number of piperidine rings is 1. The van der Waals surface area contributed by atoms with Crippen LogP contribution in [0.25, 0.3) is 11.0 Å². The average Bonchev–Trinajstić information content (AvgIpc) is 2.93. The molecule has 0 atom stereocenters. The summed E-state index contributed by atoms with van der Waals surface area (Å²) in [5, 5.41) is 0. The maximum absolute atomic E-state index is 12.1. The van der Waals surface area contributed by atoms with Crippen LogP contribution in [0.2, 0.25) is 0 Å². The van der Waals surface area contributed by atoms with Gasteiger partial charge in [0.05, 0.1) is 24.2 Å². The van der Waals surface area contributed by atoms with Gasteiger partial charge in [-0.25, -0.2) is 4.79 Å². The van der Waals surface area contributed by atoms with E-state index in [-0.39, 0.29) is 11.5 Å². The number of nitrogens with one attached hydrogen (secondary N) is 1. The predicted octanol–water partition coefficient (Wildman–Crippen LogP) is 1.95. The van der Waals surface area contributed by atoms with Gasteiger partial charge in [0.2, 0.25) is 0 Å². The number of aryl methyl sites for hydroxylation is 1. The number of ether oxygens (including phenoxy) is 2. The van der Waals surface area contributed by atoms with Crippen LogP contribution in [-0.2, 0) is 16.0 Å². The number of fused-ring (bicyclic) bond motifs is 1. The number of hydrogen-bond donors (Lipinski definition) is 1. The number of rotatable bonds is 4. The highest BCUT2D eigenvalue weighted by molar-refractivity contribution is 5.74. The number of aromatic amines is 1. The summed E-state index contributed by atoms with van der Waals surface area (Å²) >= 11 is 0. The fraction of sp³-hybridized carbons (Fsp3) is 0.611. The van der Waals surface area contributed by atoms with E-state index in [1.807, 2.05) is 28.8 Å². The second kappa shape index (κ2) is 6.70. The maximum atomic E-state index is 12.1. The van der Waals surface area contributed by atoms with Gasteiger partial charge < -0.3 is 19.4 Å². The van der Waals surface area contributed by atoms with Crippen molar-refractivity contribution in [2.45, 2.75) is 38.0 Å². The molecule has 4 rings (SSSR count). The molecule has 0 amide bonds. The van der Waals surface area contributed by atoms with Crippen molar-refractivity contribution in [3.05, 3.63) is 34.7 Å². The lowest BCUT2D eigenvalue weighted by atomic mass is 10.0. The zero-order chi connectivity index (χ0) is 16.4. The number of H-pyrrole nitrogens is 1. The van der Waals surface area contributed by atoms with E-state index in [0.717, 1.165) is 76.1 Å². The zero-order valence-electron chi connectivity index (χ0n) is 14.0. The van der Waals surface area contributed by atoms with Crippen LogP contribution >= 0.6 is 0 Å². The molecule has 0 aliphatic carbocycles. The third-order valence-electron chi connectivity index (χ3n) is 5.17. The van der Waals surface area contributed by atoms with Crippen LogP contribution in [0.1, 0.15) is 25.7 Å². The molecule has 2 aliphatic rings. The van der Waals surface area contributed by atoms with Crippen molar-refractivity contribution in [1.82, 2.24) is 14.5 Å². The van der Waals surface area contributed by atoms with Crippen molar-refractivity contribution in [3.8, 4) is 0 Å². The summed E-state index contributed by atoms with van der Waals surface area (Å²) in [5.74, 6) is -0.317. The smallest absolute Gasteiger partial charge is 0.326 e. The van der Waals surface area contributed by atoms with Gasteiger partial charge in [0.1, 0.15) is 0 Å². The van der Waals surface area contributed by atoms with Gasteiger partial charge in [-0.05, 0) is 31.5 Å². The van der Waals surface area contributed by atoms with Gasteiger partial charge >= 0.3 is 5.69 Å². The summed E-state index contributed by atoms with van der Waals surface area (Å²) in [4.78, 5) is 17.4. The summed E-state index contributed by atoms with van der Waals surface area (Å²) in [5.41, 5.74) is 1.89. The topological polar surface area (TPSA) is 59.5 Å². The van der Waals surface area contributed by atoms with Crippen molar-refractivity contribution < 1.29 is 9.47 Å². The summed E-state index contributed by atoms with van der Waals surface area (Å²) in [6, 6.07) is 7.86. The van der Waals surface area contributed by atoms with Crippen LogP contribution in [0.15, 0.2) is 29.1 Å². The van der Waals surface area contributed by atoms with Crippen LogP contribution in [0.4, 0.5) is 0 Å². The molecular weight excluding hydrogens is 306 g/mol. The quantitative estimate of drug-likeness (QED) is 0.930. The molecule has 24 heavy (non-hydrogen) atoms. The minimum absolute atomic E-state index is 0.0159. The SMILES string of the molecule is O=c1[nH]c2ccccc2n1CCCN1CCC2(CC1)OCCCO2. The van der Waals surface area contributed by atoms with E-state index in [1.54, 1.807) is 0 Å². The van der Waals surface area contributed by atoms with E-state index in [1.165, 1.54) is 0 Å². The molecule has 0 bridgehead atoms. The fourth-order valence-corrected chi connectivity index (χ4v) is 3.80. The van der Waals surface area contributed by atoms with Gasteiger partial charge in [-0.1, -0.05) is 12.1 Å². The largest absolute Gasteiger partial charge is 0.350 e. The third kappa shape index (κ3) is 3.14. The van der Waals surface area contributed by atoms with E-state index >= 15 is 0 Å². The van der Waals surface area contributed by atoms with Crippen molar-refractivity contribution >= 4 is 11.0 Å². The Labute approximate surface area is 141 Å². The average molecular weight is 331 g/mol. The normalized spacial score (nSPS) is 21.5. The molecule has 0 unspecified atom stereocenters. The molecule has 1 spiro atoms. The lowest BCUT2D eigenvalue weighted by Gasteiger charge is -2.43. The minimum Gasteiger partial charge on any atom is -0.350 e. The van der Waals surface area contributed by atoms with Gasteiger partial charge in [-0.15, -0.1) is 0 Å². The second-order valence-electron chi connectivity index (χ2n) is 6.76. The first kappa shape index (κ1) is 15.9. The van der Waals surface area contributed by atoms with Gasteiger partial charge in [-0.3, -0.25) is 4.57 Å². The Morgan fingerprint density at radius 1 is 1.08 bits per heavy atom. The standard InChI is InChI=1S/C18H25N3O3/c22-17-19-15-5-1-2-6-16(15)21(17)10-3-9-20-11-7-18(8-12-20)23-13-4-14-24-18/h1-2,5-6H,3-4,7-14H2,(H,19,22). The van der Waals surface area contributed by atoms with Gasteiger partial charge in [0.15, 0.2) is 5.79 Å². The summed E-state index contributed by atoms with van der Waals surface area (Å²) < 4.78 is 13.6. The Morgan fingerprint density at radius 2 is 1.83 bits per heavy atom. The minimum atomic E-state index is -0.317. The summed E-state index contributed by atoms with van der Waals surface area (Å²) in [7, 11) is 0. The Morgan fingerprint density at radius 3 is 2.62 bits per heavy atom. The fourth-order valence-electron chi connectivity index (χ4n) is 3.80. The van der Waals surface area contributed by atoms with Gasteiger partial charge in [0, 0.05) is 32.5 Å². The molecule has 3 heterocycles. The van der Waals surface area contributed by atoms with E-state index in [2.05, 4.69) is 9.88 Å². The van der Waals surface area contributed by atoms with Crippen LogP contribution < -0.4 is 5.69 Å². The molecule has 2 aliphatic heterocycles. The molecule has 6 nitrogen and oxygen atoms in total. The second-order valence-corrected chi connectivity index (χ2v) is 6.76. The number of imidazole rings is 1. The summed E-state index contributed by atoms with van der Waals surface area (Å²) in [6.45, 7) is 5.40. The van der Waals surface area contributed by atoms with Crippen molar-refractivity contribution in [1.29, 1.82) is 0 Å². The van der Waals surface area contributed by atoms with Crippen LogP contribution in [-0.4, -0.2) is 53.1 Å². The number of likely N-dealkylation sites (tertiary alicyclic amines) is 1. The van der Waals surface area contributed by atoms with E-state index in [0.29, 0.717) is 0 Å². The molecular formula is C18H25N3O3. The van der Waals surface area contributed by atoms with Crippen molar-refractivity contribution in [2.24, 2.45) is 0 Å². The molecule has 0 saturated carbocycles. The van der Waals surface area contributed by atoms with E-state index in [9.17, 15) is 4.79 Å². The molecule has 0 radical (unpaired) electrons. The number of benzene rings is 1. The van der Waals surface area contributed by atoms with Gasteiger partial charge in [-0.2, -0.15) is 0 Å². The highest BCUT2D eigenvalue weighted by Crippen LogP contribution is 2.30. The first-order chi connectivity index (χ1) is 11.8. The van der Waals surface area contributed by atoms with Crippen LogP contribution in [0.5, 0.6) is 0 Å². The third-order valence-corrected chi connectivity index (χ3v) is 5.17. The molecule has 1 N–H and O–H groups in total. The molecule has 1 aromatic carbocycles. The first-order valence-corrected chi connectivity index (χ1v) is 8.94. The van der Waals surface area contributed by atoms with E-state index < -0.39 is 0 Å². The lowest BCUT2D eigenvalue weighted by Crippen LogP contribution is -2.50. The van der Waals surface area contributed by atoms with Crippen molar-refractivity contribution in [2.75, 3.05) is 32.8 Å². The molecule has 2 aromatic rings. The number of aromatic nitrogens is 2. The highest BCUT2D eigenvalue weighted by atomic mass is 16.7. The Kier molecular flexibility index (Phi) is 4.43. The molecule has 1 aromatic heterocycles. The lowest BCUT2D eigenvalue weighted by molar-refractivity contribution is -0.283. The number of hydrogen-bond acceptors (Lipinski definition) is 4. The molecule has 6 heteroatoms. The molecule has 2 saturated heterocycles.